The Morgan fingerprint density at radius 3 is 2.81 bits per heavy atom. The molecule has 0 radical (unpaired) electrons. The van der Waals surface area contributed by atoms with Crippen LogP contribution < -0.4 is 4.90 Å². The predicted molar refractivity (Wildman–Crippen MR) is 100 cm³/mol. The number of carbonyl (C=O) groups is 1. The second-order valence-electron chi connectivity index (χ2n) is 6.57. The number of piperidine rings is 2. The van der Waals surface area contributed by atoms with Gasteiger partial charge in [0.15, 0.2) is 5.82 Å². The normalized spacial score (nSPS) is 24.5. The maximum atomic E-state index is 14.6. The topological polar surface area (TPSA) is 69.6 Å². The summed E-state index contributed by atoms with van der Waals surface area (Å²) >= 11 is 8.90. The molecule has 4 heterocycles. The van der Waals surface area contributed by atoms with Crippen LogP contribution in [0.4, 0.5) is 19.4 Å². The molecule has 10 heteroatoms. The van der Waals surface area contributed by atoms with Crippen LogP contribution in [-0.2, 0) is 0 Å². The molecule has 2 bridgehead atoms. The molecule has 2 aromatic rings. The first-order valence-corrected chi connectivity index (χ1v) is 9.41. The quantitative estimate of drug-likeness (QED) is 0.414. The summed E-state index contributed by atoms with van der Waals surface area (Å²) in [5.74, 6) is -1.36. The number of piperazine rings is 1. The van der Waals surface area contributed by atoms with E-state index >= 15 is 0 Å². The molecule has 6 nitrogen and oxygen atoms in total. The van der Waals surface area contributed by atoms with E-state index in [0.29, 0.717) is 6.42 Å². The summed E-state index contributed by atoms with van der Waals surface area (Å²) in [5, 5.41) is 9.48. The molecular formula is C17H14BrClF2N4O2. The summed E-state index contributed by atoms with van der Waals surface area (Å²) < 4.78 is 28.4. The fourth-order valence-electron chi connectivity index (χ4n) is 4.12. The van der Waals surface area contributed by atoms with Crippen LogP contribution in [0.15, 0.2) is 23.2 Å². The van der Waals surface area contributed by atoms with Crippen molar-refractivity contribution in [1.82, 2.24) is 14.9 Å². The van der Waals surface area contributed by atoms with Gasteiger partial charge in [-0.2, -0.15) is 4.98 Å². The van der Waals surface area contributed by atoms with Crippen molar-refractivity contribution in [2.75, 3.05) is 11.4 Å². The van der Waals surface area contributed by atoms with Crippen molar-refractivity contribution in [3.8, 4) is 0 Å². The predicted octanol–water partition coefficient (Wildman–Crippen LogP) is 4.21. The van der Waals surface area contributed by atoms with Crippen LogP contribution in [0.2, 0.25) is 5.28 Å². The number of anilines is 1. The zero-order valence-electron chi connectivity index (χ0n) is 13.9. The standard InChI is InChI=1S/C17H14BrClF2N4O2/c1-2-10-11-4-3-7(6-24(11)17(26)27)25(10)15-8-5-9(20)12(18)13(21)14(8)22-16(19)23-15/h2,5,7,10-11H,1,3-4,6H2,(H,26,27). The molecule has 3 aliphatic heterocycles. The number of amides is 1. The van der Waals surface area contributed by atoms with Crippen molar-refractivity contribution >= 4 is 50.3 Å². The zero-order chi connectivity index (χ0) is 19.5. The minimum Gasteiger partial charge on any atom is -0.465 e. The summed E-state index contributed by atoms with van der Waals surface area (Å²) in [5.41, 5.74) is -0.0994. The van der Waals surface area contributed by atoms with Crippen LogP contribution in [0, 0.1) is 11.6 Å². The molecular weight excluding hydrogens is 446 g/mol. The average molecular weight is 460 g/mol. The molecule has 3 unspecified atom stereocenters. The highest BCUT2D eigenvalue weighted by atomic mass is 79.9. The molecule has 142 valence electrons. The molecule has 3 saturated heterocycles. The third-order valence-electron chi connectivity index (χ3n) is 5.22. The maximum Gasteiger partial charge on any atom is 0.407 e. The molecule has 3 atom stereocenters. The number of hydrogen-bond donors (Lipinski definition) is 1. The van der Waals surface area contributed by atoms with E-state index in [2.05, 4.69) is 32.5 Å². The molecule has 1 amide bonds. The van der Waals surface area contributed by atoms with E-state index < -0.39 is 23.8 Å². The van der Waals surface area contributed by atoms with Crippen molar-refractivity contribution in [3.63, 3.8) is 0 Å². The van der Waals surface area contributed by atoms with Crippen LogP contribution in [-0.4, -0.2) is 50.7 Å². The lowest BCUT2D eigenvalue weighted by Crippen LogP contribution is -2.68. The smallest absolute Gasteiger partial charge is 0.407 e. The molecule has 1 aromatic carbocycles. The fourth-order valence-corrected chi connectivity index (χ4v) is 4.58. The Labute approximate surface area is 166 Å². The average Bonchev–Trinajstić information content (AvgIpc) is 2.66. The fraction of sp³-hybridized carbons (Fsp3) is 0.353. The van der Waals surface area contributed by atoms with Crippen LogP contribution in [0.1, 0.15) is 12.8 Å². The third-order valence-corrected chi connectivity index (χ3v) is 6.12. The van der Waals surface area contributed by atoms with Crippen molar-refractivity contribution in [2.24, 2.45) is 0 Å². The molecule has 0 saturated carbocycles. The highest BCUT2D eigenvalue weighted by molar-refractivity contribution is 9.10. The largest absolute Gasteiger partial charge is 0.465 e. The van der Waals surface area contributed by atoms with Gasteiger partial charge in [-0.25, -0.2) is 18.6 Å². The highest BCUT2D eigenvalue weighted by Crippen LogP contribution is 2.41. The van der Waals surface area contributed by atoms with Gasteiger partial charge in [0, 0.05) is 18.0 Å². The number of rotatable bonds is 2. The van der Waals surface area contributed by atoms with Crippen LogP contribution in [0.5, 0.6) is 0 Å². The summed E-state index contributed by atoms with van der Waals surface area (Å²) in [4.78, 5) is 23.0. The molecule has 0 spiro atoms. The maximum absolute atomic E-state index is 14.6. The molecule has 1 aromatic heterocycles. The first-order valence-electron chi connectivity index (χ1n) is 8.24. The Morgan fingerprint density at radius 1 is 1.41 bits per heavy atom. The van der Waals surface area contributed by atoms with Gasteiger partial charge in [-0.15, -0.1) is 6.58 Å². The molecule has 3 aliphatic rings. The second-order valence-corrected chi connectivity index (χ2v) is 7.70. The number of benzene rings is 1. The van der Waals surface area contributed by atoms with Gasteiger partial charge in [-0.1, -0.05) is 6.08 Å². The SMILES string of the molecule is C=CC1C2CCC(CN2C(=O)O)N1c1nc(Cl)nc2c(F)c(Br)c(F)cc12. The lowest BCUT2D eigenvalue weighted by molar-refractivity contribution is 0.0673. The lowest BCUT2D eigenvalue weighted by Gasteiger charge is -2.55. The van der Waals surface area contributed by atoms with E-state index in [4.69, 9.17) is 11.6 Å². The van der Waals surface area contributed by atoms with Gasteiger partial charge in [0.05, 0.1) is 16.6 Å². The molecule has 0 aliphatic carbocycles. The number of halogens is 4. The van der Waals surface area contributed by atoms with Crippen molar-refractivity contribution < 1.29 is 18.7 Å². The van der Waals surface area contributed by atoms with Crippen LogP contribution in [0.3, 0.4) is 0 Å². The van der Waals surface area contributed by atoms with E-state index in [-0.39, 0.29) is 45.1 Å². The van der Waals surface area contributed by atoms with Crippen molar-refractivity contribution in [3.05, 3.63) is 40.1 Å². The van der Waals surface area contributed by atoms with Gasteiger partial charge in [0.25, 0.3) is 0 Å². The van der Waals surface area contributed by atoms with Gasteiger partial charge < -0.3 is 14.9 Å². The minimum atomic E-state index is -0.997. The number of aromatic nitrogens is 2. The van der Waals surface area contributed by atoms with Crippen molar-refractivity contribution in [1.29, 1.82) is 0 Å². The third kappa shape index (κ3) is 2.75. The molecule has 1 N–H and O–H groups in total. The number of hydrogen-bond acceptors (Lipinski definition) is 4. The first kappa shape index (κ1) is 18.4. The van der Waals surface area contributed by atoms with E-state index in [9.17, 15) is 18.7 Å². The van der Waals surface area contributed by atoms with Crippen LogP contribution >= 0.6 is 27.5 Å². The summed E-state index contributed by atoms with van der Waals surface area (Å²) in [7, 11) is 0. The zero-order valence-corrected chi connectivity index (χ0v) is 16.2. The molecule has 5 rings (SSSR count). The Balaban J connectivity index is 1.92. The van der Waals surface area contributed by atoms with E-state index in [1.807, 2.05) is 4.90 Å². The number of fused-ring (bicyclic) bond motifs is 4. The summed E-state index contributed by atoms with van der Waals surface area (Å²) in [6.07, 6.45) is 2.04. The van der Waals surface area contributed by atoms with Gasteiger partial charge in [-0.05, 0) is 46.4 Å². The van der Waals surface area contributed by atoms with E-state index in [1.165, 1.54) is 4.90 Å². The van der Waals surface area contributed by atoms with Gasteiger partial charge in [-0.3, -0.25) is 0 Å². The second kappa shape index (κ2) is 6.56. The van der Waals surface area contributed by atoms with Gasteiger partial charge >= 0.3 is 6.09 Å². The van der Waals surface area contributed by atoms with E-state index in [0.717, 1.165) is 12.5 Å². The first-order chi connectivity index (χ1) is 12.8. The Morgan fingerprint density at radius 2 is 2.15 bits per heavy atom. The van der Waals surface area contributed by atoms with Crippen molar-refractivity contribution in [2.45, 2.75) is 31.0 Å². The van der Waals surface area contributed by atoms with Gasteiger partial charge in [0.1, 0.15) is 17.2 Å². The highest BCUT2D eigenvalue weighted by Gasteiger charge is 2.47. The Hall–Kier alpha value is -2.00. The van der Waals surface area contributed by atoms with E-state index in [1.54, 1.807) is 6.08 Å². The Bertz CT molecular complexity index is 976. The summed E-state index contributed by atoms with van der Waals surface area (Å²) in [6, 6.07) is 0.237. The summed E-state index contributed by atoms with van der Waals surface area (Å²) in [6.45, 7) is 4.10. The lowest BCUT2D eigenvalue weighted by atomic mass is 9.84. The minimum absolute atomic E-state index is 0.0994. The number of carboxylic acid groups (broad SMARTS) is 1. The monoisotopic (exact) mass is 458 g/mol. The molecule has 27 heavy (non-hydrogen) atoms. The van der Waals surface area contributed by atoms with Crippen LogP contribution in [0.25, 0.3) is 10.9 Å². The number of nitrogens with zero attached hydrogens (tertiary/aromatic N) is 4. The Kier molecular flexibility index (Phi) is 4.46. The molecule has 3 fully saturated rings. The van der Waals surface area contributed by atoms with Gasteiger partial charge in [0.2, 0.25) is 5.28 Å².